The molecule has 1 aromatic rings. The number of nitrogens with one attached hydrogen (secondary N) is 1. The predicted octanol–water partition coefficient (Wildman–Crippen LogP) is 0.888. The zero-order chi connectivity index (χ0) is 12.1. The molecule has 88 valence electrons. The number of aliphatic carboxylic acids is 1. The zero-order valence-electron chi connectivity index (χ0n) is 8.98. The van der Waals surface area contributed by atoms with Gasteiger partial charge in [-0.1, -0.05) is 18.2 Å². The molecule has 1 aromatic carbocycles. The van der Waals surface area contributed by atoms with E-state index in [4.69, 9.17) is 10.8 Å². The van der Waals surface area contributed by atoms with Crippen molar-refractivity contribution in [1.82, 2.24) is 5.32 Å². The summed E-state index contributed by atoms with van der Waals surface area (Å²) in [5.74, 6) is -1.45. The van der Waals surface area contributed by atoms with Gasteiger partial charge < -0.3 is 16.2 Å². The van der Waals surface area contributed by atoms with Crippen LogP contribution in [0.3, 0.4) is 0 Å². The van der Waals surface area contributed by atoms with Crippen molar-refractivity contribution in [2.45, 2.75) is 18.5 Å². The molecular formula is C11H15FN2O2. The van der Waals surface area contributed by atoms with Crippen LogP contribution in [0.15, 0.2) is 24.3 Å². The Balaban J connectivity index is 2.83. The normalized spacial score (nSPS) is 14.4. The van der Waals surface area contributed by atoms with Gasteiger partial charge in [-0.15, -0.1) is 0 Å². The lowest BCUT2D eigenvalue weighted by atomic mass is 9.99. The Morgan fingerprint density at radius 2 is 2.19 bits per heavy atom. The third-order valence-electron chi connectivity index (χ3n) is 2.44. The number of rotatable bonds is 5. The number of halogens is 1. The molecule has 4 N–H and O–H groups in total. The molecule has 0 aromatic heterocycles. The fraction of sp³-hybridized carbons (Fsp3) is 0.364. The molecule has 16 heavy (non-hydrogen) atoms. The first kappa shape index (κ1) is 12.6. The van der Waals surface area contributed by atoms with E-state index in [2.05, 4.69) is 5.32 Å². The van der Waals surface area contributed by atoms with Crippen molar-refractivity contribution in [1.29, 1.82) is 0 Å². The van der Waals surface area contributed by atoms with Gasteiger partial charge in [0.2, 0.25) is 0 Å². The van der Waals surface area contributed by atoms with Gasteiger partial charge in [-0.3, -0.25) is 4.79 Å². The molecule has 1 rings (SSSR count). The Morgan fingerprint density at radius 1 is 1.56 bits per heavy atom. The first-order valence-electron chi connectivity index (χ1n) is 4.96. The van der Waals surface area contributed by atoms with Gasteiger partial charge in [0.05, 0.1) is 0 Å². The SMILES string of the molecule is CNC(CC(N)C(=O)O)c1ccccc1F. The molecule has 0 fully saturated rings. The smallest absolute Gasteiger partial charge is 0.320 e. The lowest BCUT2D eigenvalue weighted by Crippen LogP contribution is -2.35. The largest absolute Gasteiger partial charge is 0.480 e. The molecule has 0 saturated heterocycles. The van der Waals surface area contributed by atoms with E-state index in [0.717, 1.165) is 0 Å². The number of carbonyl (C=O) groups is 1. The Bertz CT molecular complexity index is 371. The number of nitrogens with two attached hydrogens (primary N) is 1. The van der Waals surface area contributed by atoms with Crippen molar-refractivity contribution in [2.75, 3.05) is 7.05 Å². The average molecular weight is 226 g/mol. The van der Waals surface area contributed by atoms with E-state index >= 15 is 0 Å². The van der Waals surface area contributed by atoms with Crippen molar-refractivity contribution < 1.29 is 14.3 Å². The second-order valence-electron chi connectivity index (χ2n) is 3.54. The van der Waals surface area contributed by atoms with Crippen LogP contribution in [0.5, 0.6) is 0 Å². The van der Waals surface area contributed by atoms with Crippen molar-refractivity contribution in [3.05, 3.63) is 35.6 Å². The van der Waals surface area contributed by atoms with Crippen LogP contribution in [-0.2, 0) is 4.79 Å². The summed E-state index contributed by atoms with van der Waals surface area (Å²) in [5.41, 5.74) is 5.85. The number of benzene rings is 1. The van der Waals surface area contributed by atoms with Crippen LogP contribution >= 0.6 is 0 Å². The summed E-state index contributed by atoms with van der Waals surface area (Å²) < 4.78 is 13.4. The fourth-order valence-corrected chi connectivity index (χ4v) is 1.51. The van der Waals surface area contributed by atoms with Gasteiger partial charge in [0.1, 0.15) is 11.9 Å². The maximum Gasteiger partial charge on any atom is 0.320 e. The number of hydrogen-bond acceptors (Lipinski definition) is 3. The van der Waals surface area contributed by atoms with Gasteiger partial charge in [0.25, 0.3) is 0 Å². The van der Waals surface area contributed by atoms with Crippen molar-refractivity contribution in [3.8, 4) is 0 Å². The van der Waals surface area contributed by atoms with Crippen molar-refractivity contribution in [3.63, 3.8) is 0 Å². The minimum Gasteiger partial charge on any atom is -0.480 e. The average Bonchev–Trinajstić information content (AvgIpc) is 2.26. The topological polar surface area (TPSA) is 75.3 Å². The van der Waals surface area contributed by atoms with Crippen LogP contribution in [0.2, 0.25) is 0 Å². The molecule has 2 unspecified atom stereocenters. The van der Waals surface area contributed by atoms with Crippen LogP contribution in [0.4, 0.5) is 4.39 Å². The van der Waals surface area contributed by atoms with Gasteiger partial charge in [-0.05, 0) is 19.5 Å². The molecule has 0 aliphatic carbocycles. The summed E-state index contributed by atoms with van der Waals surface area (Å²) in [4.78, 5) is 10.6. The van der Waals surface area contributed by atoms with Gasteiger partial charge in [0, 0.05) is 11.6 Å². The molecule has 0 saturated carbocycles. The summed E-state index contributed by atoms with van der Waals surface area (Å²) in [7, 11) is 1.64. The molecule has 4 nitrogen and oxygen atoms in total. The van der Waals surface area contributed by atoms with Gasteiger partial charge in [0.15, 0.2) is 0 Å². The molecule has 0 amide bonds. The highest BCUT2D eigenvalue weighted by Gasteiger charge is 2.20. The molecule has 0 bridgehead atoms. The second kappa shape index (κ2) is 5.58. The van der Waals surface area contributed by atoms with Crippen LogP contribution in [0, 0.1) is 5.82 Å². The first-order chi connectivity index (χ1) is 7.56. The van der Waals surface area contributed by atoms with E-state index in [1.807, 2.05) is 0 Å². The Kier molecular flexibility index (Phi) is 4.39. The number of hydrogen-bond donors (Lipinski definition) is 3. The maximum atomic E-state index is 13.4. The van der Waals surface area contributed by atoms with Gasteiger partial charge >= 0.3 is 5.97 Å². The highest BCUT2D eigenvalue weighted by molar-refractivity contribution is 5.73. The highest BCUT2D eigenvalue weighted by Crippen LogP contribution is 2.20. The quantitative estimate of drug-likeness (QED) is 0.697. The second-order valence-corrected chi connectivity index (χ2v) is 3.54. The third-order valence-corrected chi connectivity index (χ3v) is 2.44. The molecule has 2 atom stereocenters. The third kappa shape index (κ3) is 3.01. The highest BCUT2D eigenvalue weighted by atomic mass is 19.1. The summed E-state index contributed by atoms with van der Waals surface area (Å²) in [6.45, 7) is 0. The Labute approximate surface area is 93.3 Å². The fourth-order valence-electron chi connectivity index (χ4n) is 1.51. The van der Waals surface area contributed by atoms with Crippen LogP contribution in [0.25, 0.3) is 0 Å². The van der Waals surface area contributed by atoms with E-state index < -0.39 is 18.1 Å². The lowest BCUT2D eigenvalue weighted by molar-refractivity contribution is -0.138. The van der Waals surface area contributed by atoms with Crippen LogP contribution in [0.1, 0.15) is 18.0 Å². The molecule has 0 aliphatic heterocycles. The summed E-state index contributed by atoms with van der Waals surface area (Å²) in [5, 5.41) is 11.6. The van der Waals surface area contributed by atoms with E-state index in [0.29, 0.717) is 5.56 Å². The van der Waals surface area contributed by atoms with E-state index in [-0.39, 0.29) is 12.2 Å². The Morgan fingerprint density at radius 3 is 2.69 bits per heavy atom. The molecule has 0 aliphatic rings. The monoisotopic (exact) mass is 226 g/mol. The summed E-state index contributed by atoms with van der Waals surface area (Å²) in [6, 6.07) is 4.85. The Hall–Kier alpha value is -1.46. The van der Waals surface area contributed by atoms with Gasteiger partial charge in [-0.2, -0.15) is 0 Å². The maximum absolute atomic E-state index is 13.4. The first-order valence-corrected chi connectivity index (χ1v) is 4.96. The number of carboxylic acids is 1. The molecular weight excluding hydrogens is 211 g/mol. The molecule has 0 spiro atoms. The summed E-state index contributed by atoms with van der Waals surface area (Å²) in [6.07, 6.45) is 0.146. The lowest BCUT2D eigenvalue weighted by Gasteiger charge is -2.19. The molecule has 0 radical (unpaired) electrons. The van der Waals surface area contributed by atoms with E-state index in [1.54, 1.807) is 25.2 Å². The van der Waals surface area contributed by atoms with E-state index in [9.17, 15) is 9.18 Å². The predicted molar refractivity (Wildman–Crippen MR) is 58.4 cm³/mol. The van der Waals surface area contributed by atoms with Crippen LogP contribution < -0.4 is 11.1 Å². The molecule has 0 heterocycles. The van der Waals surface area contributed by atoms with Gasteiger partial charge in [-0.25, -0.2) is 4.39 Å². The van der Waals surface area contributed by atoms with Crippen LogP contribution in [-0.4, -0.2) is 24.2 Å². The van der Waals surface area contributed by atoms with E-state index in [1.165, 1.54) is 6.07 Å². The minimum absolute atomic E-state index is 0.146. The van der Waals surface area contributed by atoms with Crippen molar-refractivity contribution in [2.24, 2.45) is 5.73 Å². The zero-order valence-corrected chi connectivity index (χ0v) is 8.98. The minimum atomic E-state index is -1.09. The van der Waals surface area contributed by atoms with Crippen molar-refractivity contribution >= 4 is 5.97 Å². The molecule has 5 heteroatoms. The number of carboxylic acid groups (broad SMARTS) is 1. The summed E-state index contributed by atoms with van der Waals surface area (Å²) >= 11 is 0. The standard InChI is InChI=1S/C11H15FN2O2/c1-14-10(6-9(13)11(15)16)7-4-2-3-5-8(7)12/h2-5,9-10,14H,6,13H2,1H3,(H,15,16).